The van der Waals surface area contributed by atoms with Crippen molar-refractivity contribution < 1.29 is 18.8 Å². The van der Waals surface area contributed by atoms with Gasteiger partial charge in [-0.2, -0.15) is 0 Å². The number of hydrogen-bond acceptors (Lipinski definition) is 3. The van der Waals surface area contributed by atoms with Crippen LogP contribution in [0.3, 0.4) is 0 Å². The van der Waals surface area contributed by atoms with Crippen LogP contribution in [-0.4, -0.2) is 41.4 Å². The number of hydrogen-bond donors (Lipinski definition) is 2. The Bertz CT molecular complexity index is 857. The molecule has 1 aromatic rings. The second-order valence-corrected chi connectivity index (χ2v) is 8.49. The number of carbonyl (C=O) groups is 3. The van der Waals surface area contributed by atoms with E-state index in [2.05, 4.69) is 10.6 Å². The summed E-state index contributed by atoms with van der Waals surface area (Å²) < 4.78 is 14.5. The van der Waals surface area contributed by atoms with Crippen LogP contribution in [0.5, 0.6) is 0 Å². The summed E-state index contributed by atoms with van der Waals surface area (Å²) in [6, 6.07) is 2.89. The van der Waals surface area contributed by atoms with Gasteiger partial charge in [-0.25, -0.2) is 9.18 Å². The zero-order chi connectivity index (χ0) is 20.1. The summed E-state index contributed by atoms with van der Waals surface area (Å²) in [5, 5.41) is 5.15. The van der Waals surface area contributed by atoms with Crippen LogP contribution in [0.15, 0.2) is 12.1 Å². The minimum absolute atomic E-state index is 0.0832. The number of fused-ring (bicyclic) bond motifs is 1. The Morgan fingerprint density at radius 1 is 1.36 bits per heavy atom. The van der Waals surface area contributed by atoms with Gasteiger partial charge in [-0.15, -0.1) is 0 Å². The van der Waals surface area contributed by atoms with Crippen molar-refractivity contribution in [3.05, 3.63) is 34.1 Å². The zero-order valence-corrected chi connectivity index (χ0v) is 16.4. The van der Waals surface area contributed by atoms with E-state index in [0.717, 1.165) is 18.4 Å². The molecule has 8 heteroatoms. The third kappa shape index (κ3) is 3.26. The quantitative estimate of drug-likeness (QED) is 0.753. The van der Waals surface area contributed by atoms with E-state index >= 15 is 0 Å². The molecule has 2 aliphatic heterocycles. The molecule has 2 N–H and O–H groups in total. The normalized spacial score (nSPS) is 27.1. The summed E-state index contributed by atoms with van der Waals surface area (Å²) in [5.41, 5.74) is 0.494. The molecule has 0 bridgehead atoms. The van der Waals surface area contributed by atoms with Gasteiger partial charge in [0.05, 0.1) is 5.02 Å². The van der Waals surface area contributed by atoms with Crippen molar-refractivity contribution in [3.63, 3.8) is 0 Å². The van der Waals surface area contributed by atoms with E-state index in [1.807, 2.05) is 13.0 Å². The Balaban J connectivity index is 1.45. The summed E-state index contributed by atoms with van der Waals surface area (Å²) in [6.07, 6.45) is 2.75. The van der Waals surface area contributed by atoms with Crippen molar-refractivity contribution >= 4 is 29.4 Å². The molecular formula is C20H23ClFN3O3. The number of amides is 4. The Kier molecular flexibility index (Phi) is 4.81. The summed E-state index contributed by atoms with van der Waals surface area (Å²) in [7, 11) is 0. The lowest BCUT2D eigenvalue weighted by Crippen LogP contribution is -2.50. The second kappa shape index (κ2) is 7.03. The fourth-order valence-electron chi connectivity index (χ4n) is 4.56. The van der Waals surface area contributed by atoms with Crippen molar-refractivity contribution in [2.45, 2.75) is 50.5 Å². The SMILES string of the molecule is CC1CN(C(=O)CC[C@@]2(C3CC3)NC(=O)NC2=O)CCc2ccc(Cl)c(F)c21. The van der Waals surface area contributed by atoms with Gasteiger partial charge in [0.15, 0.2) is 0 Å². The van der Waals surface area contributed by atoms with Gasteiger partial charge in [0.2, 0.25) is 5.91 Å². The van der Waals surface area contributed by atoms with E-state index in [9.17, 15) is 18.8 Å². The number of nitrogens with one attached hydrogen (secondary N) is 2. The highest BCUT2D eigenvalue weighted by molar-refractivity contribution is 6.30. The molecule has 0 radical (unpaired) electrons. The molecule has 6 nitrogen and oxygen atoms in total. The monoisotopic (exact) mass is 407 g/mol. The maximum absolute atomic E-state index is 14.5. The molecule has 1 saturated heterocycles. The average molecular weight is 408 g/mol. The lowest BCUT2D eigenvalue weighted by Gasteiger charge is -2.28. The Hall–Kier alpha value is -2.15. The molecule has 2 heterocycles. The van der Waals surface area contributed by atoms with Gasteiger partial charge >= 0.3 is 6.03 Å². The Labute approximate surface area is 167 Å². The maximum atomic E-state index is 14.5. The van der Waals surface area contributed by atoms with Crippen LogP contribution >= 0.6 is 11.6 Å². The van der Waals surface area contributed by atoms with E-state index in [1.54, 1.807) is 11.0 Å². The highest BCUT2D eigenvalue weighted by atomic mass is 35.5. The highest BCUT2D eigenvalue weighted by Crippen LogP contribution is 2.44. The van der Waals surface area contributed by atoms with E-state index in [0.29, 0.717) is 25.1 Å². The molecule has 0 aromatic heterocycles. The van der Waals surface area contributed by atoms with E-state index in [-0.39, 0.29) is 41.5 Å². The second-order valence-electron chi connectivity index (χ2n) is 8.08. The summed E-state index contributed by atoms with van der Waals surface area (Å²) >= 11 is 5.93. The predicted molar refractivity (Wildman–Crippen MR) is 101 cm³/mol. The average Bonchev–Trinajstić information content (AvgIpc) is 3.46. The molecular weight excluding hydrogens is 385 g/mol. The van der Waals surface area contributed by atoms with Crippen LogP contribution in [0.25, 0.3) is 0 Å². The lowest BCUT2D eigenvalue weighted by atomic mass is 9.87. The molecule has 28 heavy (non-hydrogen) atoms. The fourth-order valence-corrected chi connectivity index (χ4v) is 4.73. The van der Waals surface area contributed by atoms with Gasteiger partial charge < -0.3 is 10.2 Å². The smallest absolute Gasteiger partial charge is 0.322 e. The van der Waals surface area contributed by atoms with E-state index in [4.69, 9.17) is 11.6 Å². The number of imide groups is 1. The van der Waals surface area contributed by atoms with Gasteiger partial charge in [-0.3, -0.25) is 14.9 Å². The van der Waals surface area contributed by atoms with Crippen molar-refractivity contribution in [2.24, 2.45) is 5.92 Å². The molecule has 1 aromatic carbocycles. The molecule has 2 fully saturated rings. The van der Waals surface area contributed by atoms with Crippen molar-refractivity contribution in [2.75, 3.05) is 13.1 Å². The standard InChI is InChI=1S/C20H23ClFN3O3/c1-11-10-25(9-7-12-2-5-14(21)17(22)16(11)12)15(26)6-8-20(13-3-4-13)18(27)23-19(28)24-20/h2,5,11,13H,3-4,6-10H2,1H3,(H2,23,24,27,28)/t11?,20-/m0/s1. The van der Waals surface area contributed by atoms with Crippen molar-refractivity contribution in [1.82, 2.24) is 15.5 Å². The first kappa shape index (κ1) is 19.2. The number of carbonyl (C=O) groups excluding carboxylic acids is 3. The van der Waals surface area contributed by atoms with Crippen LogP contribution < -0.4 is 10.6 Å². The van der Waals surface area contributed by atoms with Crippen molar-refractivity contribution in [3.8, 4) is 0 Å². The molecule has 4 rings (SSSR count). The molecule has 1 unspecified atom stereocenters. The van der Waals surface area contributed by atoms with Crippen LogP contribution in [0.4, 0.5) is 9.18 Å². The highest BCUT2D eigenvalue weighted by Gasteiger charge is 2.55. The topological polar surface area (TPSA) is 78.5 Å². The first-order valence-corrected chi connectivity index (χ1v) is 10.1. The molecule has 0 spiro atoms. The molecule has 4 amide bonds. The molecule has 3 aliphatic rings. The van der Waals surface area contributed by atoms with Gasteiger partial charge in [-0.05, 0) is 48.8 Å². The Morgan fingerprint density at radius 3 is 2.75 bits per heavy atom. The van der Waals surface area contributed by atoms with Crippen LogP contribution in [-0.2, 0) is 16.0 Å². The minimum atomic E-state index is -0.965. The third-order valence-electron chi connectivity index (χ3n) is 6.19. The number of benzene rings is 1. The number of rotatable bonds is 4. The van der Waals surface area contributed by atoms with Gasteiger partial charge in [-0.1, -0.05) is 24.6 Å². The molecule has 1 saturated carbocycles. The lowest BCUT2D eigenvalue weighted by molar-refractivity contribution is -0.132. The first-order chi connectivity index (χ1) is 13.3. The zero-order valence-electron chi connectivity index (χ0n) is 15.7. The number of halogens is 2. The van der Waals surface area contributed by atoms with Crippen molar-refractivity contribution in [1.29, 1.82) is 0 Å². The number of urea groups is 1. The van der Waals surface area contributed by atoms with Crippen LogP contribution in [0.1, 0.15) is 49.7 Å². The number of nitrogens with zero attached hydrogens (tertiary/aromatic N) is 1. The van der Waals surface area contributed by atoms with Gasteiger partial charge in [0.1, 0.15) is 11.4 Å². The van der Waals surface area contributed by atoms with Crippen LogP contribution in [0, 0.1) is 11.7 Å². The molecule has 150 valence electrons. The largest absolute Gasteiger partial charge is 0.342 e. The molecule has 2 atom stereocenters. The van der Waals surface area contributed by atoms with Gasteiger partial charge in [0.25, 0.3) is 5.91 Å². The third-order valence-corrected chi connectivity index (χ3v) is 6.48. The fraction of sp³-hybridized carbons (Fsp3) is 0.550. The maximum Gasteiger partial charge on any atom is 0.322 e. The summed E-state index contributed by atoms with van der Waals surface area (Å²) in [6.45, 7) is 2.78. The first-order valence-electron chi connectivity index (χ1n) is 9.70. The molecule has 1 aliphatic carbocycles. The van der Waals surface area contributed by atoms with E-state index in [1.165, 1.54) is 0 Å². The van der Waals surface area contributed by atoms with Crippen LogP contribution in [0.2, 0.25) is 5.02 Å². The predicted octanol–water partition coefficient (Wildman–Crippen LogP) is 2.74. The Morgan fingerprint density at radius 2 is 2.11 bits per heavy atom. The minimum Gasteiger partial charge on any atom is -0.342 e. The summed E-state index contributed by atoms with van der Waals surface area (Å²) in [4.78, 5) is 38.6. The summed E-state index contributed by atoms with van der Waals surface area (Å²) in [5.74, 6) is -0.900. The van der Waals surface area contributed by atoms with Gasteiger partial charge in [0, 0.05) is 25.4 Å². The van der Waals surface area contributed by atoms with E-state index < -0.39 is 17.4 Å².